The van der Waals surface area contributed by atoms with Gasteiger partial charge < -0.3 is 14.4 Å². The molecule has 1 heterocycles. The average Bonchev–Trinajstić information content (AvgIpc) is 3.11. The molecule has 0 unspecified atom stereocenters. The molecule has 1 aliphatic carbocycles. The summed E-state index contributed by atoms with van der Waals surface area (Å²) in [6, 6.07) is 1.66. The second kappa shape index (κ2) is 4.61. The number of nitrogens with zero attached hydrogens (tertiary/aromatic N) is 2. The van der Waals surface area contributed by atoms with Crippen LogP contribution in [0.1, 0.15) is 23.2 Å². The Hall–Kier alpha value is -1.78. The van der Waals surface area contributed by atoms with Gasteiger partial charge in [-0.1, -0.05) is 0 Å². The fourth-order valence-corrected chi connectivity index (χ4v) is 1.40. The first-order valence-corrected chi connectivity index (χ1v) is 5.54. The number of methoxy groups -OCH3 is 1. The maximum Gasteiger partial charge on any atom is 0.258 e. The minimum absolute atomic E-state index is 0.115. The second-order valence-corrected chi connectivity index (χ2v) is 4.24. The van der Waals surface area contributed by atoms with E-state index in [0.717, 1.165) is 12.8 Å². The maximum atomic E-state index is 11.9. The molecule has 1 saturated carbocycles. The number of ether oxygens (including phenoxy) is 2. The van der Waals surface area contributed by atoms with Crippen molar-refractivity contribution in [2.24, 2.45) is 0 Å². The van der Waals surface area contributed by atoms with Crippen molar-refractivity contribution in [3.05, 3.63) is 17.8 Å². The van der Waals surface area contributed by atoms with E-state index in [-0.39, 0.29) is 12.0 Å². The lowest BCUT2D eigenvalue weighted by Gasteiger charge is -2.14. The van der Waals surface area contributed by atoms with Gasteiger partial charge in [0, 0.05) is 26.4 Å². The molecule has 0 spiro atoms. The lowest BCUT2D eigenvalue weighted by atomic mass is 10.2. The minimum atomic E-state index is -0.115. The van der Waals surface area contributed by atoms with E-state index in [9.17, 15) is 4.79 Å². The molecule has 1 aliphatic rings. The van der Waals surface area contributed by atoms with Crippen LogP contribution >= 0.6 is 0 Å². The third-order valence-corrected chi connectivity index (χ3v) is 2.50. The quantitative estimate of drug-likeness (QED) is 0.791. The molecule has 0 aromatic carbocycles. The van der Waals surface area contributed by atoms with E-state index in [0.29, 0.717) is 17.2 Å². The number of carbonyl (C=O) groups excluding carboxylic acids is 1. The molecule has 0 bridgehead atoms. The topological polar surface area (TPSA) is 51.7 Å². The van der Waals surface area contributed by atoms with Crippen molar-refractivity contribution in [1.29, 1.82) is 0 Å². The van der Waals surface area contributed by atoms with E-state index < -0.39 is 0 Å². The summed E-state index contributed by atoms with van der Waals surface area (Å²) in [4.78, 5) is 17.5. The zero-order valence-corrected chi connectivity index (χ0v) is 10.3. The molecule has 1 aromatic rings. The Morgan fingerprint density at radius 3 is 2.71 bits per heavy atom. The van der Waals surface area contributed by atoms with Crippen LogP contribution < -0.4 is 9.47 Å². The Morgan fingerprint density at radius 2 is 2.18 bits per heavy atom. The first kappa shape index (κ1) is 11.7. The molecule has 0 radical (unpaired) electrons. The number of amides is 1. The van der Waals surface area contributed by atoms with Crippen LogP contribution in [-0.4, -0.2) is 43.1 Å². The molecule has 0 atom stereocenters. The van der Waals surface area contributed by atoms with E-state index in [1.54, 1.807) is 20.2 Å². The molecule has 5 nitrogen and oxygen atoms in total. The van der Waals surface area contributed by atoms with Crippen LogP contribution in [0.25, 0.3) is 0 Å². The predicted octanol–water partition coefficient (Wildman–Crippen LogP) is 1.33. The Kier molecular flexibility index (Phi) is 3.17. The number of hydrogen-bond donors (Lipinski definition) is 0. The number of aromatic nitrogens is 1. The van der Waals surface area contributed by atoms with Crippen molar-refractivity contribution in [3.63, 3.8) is 0 Å². The largest absolute Gasteiger partial charge is 0.489 e. The molecule has 0 saturated heterocycles. The SMILES string of the molecule is COc1cc(OC2CC2)c(C(=O)N(C)C)cn1. The Bertz CT molecular complexity index is 428. The van der Waals surface area contributed by atoms with Crippen molar-refractivity contribution < 1.29 is 14.3 Å². The standard InChI is InChI=1S/C12H16N2O3/c1-14(2)12(15)9-7-13-11(16-3)6-10(9)17-8-4-5-8/h6-8H,4-5H2,1-3H3. The summed E-state index contributed by atoms with van der Waals surface area (Å²) >= 11 is 0. The Morgan fingerprint density at radius 1 is 1.47 bits per heavy atom. The molecular formula is C12H16N2O3. The van der Waals surface area contributed by atoms with Crippen LogP contribution in [0.5, 0.6) is 11.6 Å². The molecule has 92 valence electrons. The van der Waals surface area contributed by atoms with Crippen molar-refractivity contribution in [1.82, 2.24) is 9.88 Å². The zero-order valence-electron chi connectivity index (χ0n) is 10.3. The molecule has 0 N–H and O–H groups in total. The van der Waals surface area contributed by atoms with E-state index in [4.69, 9.17) is 9.47 Å². The highest BCUT2D eigenvalue weighted by atomic mass is 16.5. The monoisotopic (exact) mass is 236 g/mol. The fraction of sp³-hybridized carbons (Fsp3) is 0.500. The van der Waals surface area contributed by atoms with Gasteiger partial charge >= 0.3 is 0 Å². The predicted molar refractivity (Wildman–Crippen MR) is 62.5 cm³/mol. The lowest BCUT2D eigenvalue weighted by molar-refractivity contribution is 0.0822. The van der Waals surface area contributed by atoms with Crippen LogP contribution in [0.15, 0.2) is 12.3 Å². The number of rotatable bonds is 4. The summed E-state index contributed by atoms with van der Waals surface area (Å²) in [6.45, 7) is 0. The van der Waals surface area contributed by atoms with E-state index >= 15 is 0 Å². The molecule has 17 heavy (non-hydrogen) atoms. The van der Waals surface area contributed by atoms with Gasteiger partial charge in [-0.2, -0.15) is 0 Å². The summed E-state index contributed by atoms with van der Waals surface area (Å²) in [5, 5.41) is 0. The van der Waals surface area contributed by atoms with Gasteiger partial charge in [0.1, 0.15) is 11.3 Å². The van der Waals surface area contributed by atoms with Gasteiger partial charge in [-0.15, -0.1) is 0 Å². The van der Waals surface area contributed by atoms with Gasteiger partial charge in [0.25, 0.3) is 5.91 Å². The van der Waals surface area contributed by atoms with Gasteiger partial charge in [-0.3, -0.25) is 4.79 Å². The Balaban J connectivity index is 2.31. The van der Waals surface area contributed by atoms with Gasteiger partial charge in [0.15, 0.2) is 0 Å². The van der Waals surface area contributed by atoms with Crippen LogP contribution in [-0.2, 0) is 0 Å². The van der Waals surface area contributed by atoms with Gasteiger partial charge in [0.05, 0.1) is 13.2 Å². The number of hydrogen-bond acceptors (Lipinski definition) is 4. The lowest BCUT2D eigenvalue weighted by Crippen LogP contribution is -2.22. The van der Waals surface area contributed by atoms with Crippen LogP contribution in [0.2, 0.25) is 0 Å². The smallest absolute Gasteiger partial charge is 0.258 e. The molecule has 0 aliphatic heterocycles. The first-order chi connectivity index (χ1) is 8.11. The maximum absolute atomic E-state index is 11.9. The molecule has 2 rings (SSSR count). The summed E-state index contributed by atoms with van der Waals surface area (Å²) < 4.78 is 10.7. The van der Waals surface area contributed by atoms with Crippen molar-refractivity contribution in [3.8, 4) is 11.6 Å². The summed E-state index contributed by atoms with van der Waals surface area (Å²) in [7, 11) is 4.94. The van der Waals surface area contributed by atoms with Gasteiger partial charge in [0.2, 0.25) is 5.88 Å². The highest BCUT2D eigenvalue weighted by molar-refractivity contribution is 5.96. The summed E-state index contributed by atoms with van der Waals surface area (Å²) in [5.41, 5.74) is 0.475. The van der Waals surface area contributed by atoms with Crippen LogP contribution in [0, 0.1) is 0 Å². The third-order valence-electron chi connectivity index (χ3n) is 2.50. The first-order valence-electron chi connectivity index (χ1n) is 5.54. The third kappa shape index (κ3) is 2.67. The number of carbonyl (C=O) groups is 1. The van der Waals surface area contributed by atoms with Crippen molar-refractivity contribution in [2.45, 2.75) is 18.9 Å². The molecule has 5 heteroatoms. The summed E-state index contributed by atoms with van der Waals surface area (Å²) in [6.07, 6.45) is 3.81. The fourth-order valence-electron chi connectivity index (χ4n) is 1.40. The second-order valence-electron chi connectivity index (χ2n) is 4.24. The van der Waals surface area contributed by atoms with Gasteiger partial charge in [-0.05, 0) is 12.8 Å². The summed E-state index contributed by atoms with van der Waals surface area (Å²) in [5.74, 6) is 0.893. The van der Waals surface area contributed by atoms with E-state index in [1.807, 2.05) is 0 Å². The highest BCUT2D eigenvalue weighted by Crippen LogP contribution is 2.31. The minimum Gasteiger partial charge on any atom is -0.489 e. The van der Waals surface area contributed by atoms with Gasteiger partial charge in [-0.25, -0.2) is 4.98 Å². The molecule has 1 aromatic heterocycles. The molecule has 1 fully saturated rings. The zero-order chi connectivity index (χ0) is 12.4. The highest BCUT2D eigenvalue weighted by Gasteiger charge is 2.26. The Labute approximate surface area is 100 Å². The van der Waals surface area contributed by atoms with Crippen LogP contribution in [0.3, 0.4) is 0 Å². The van der Waals surface area contributed by atoms with Crippen molar-refractivity contribution >= 4 is 5.91 Å². The average molecular weight is 236 g/mol. The molecular weight excluding hydrogens is 220 g/mol. The van der Waals surface area contributed by atoms with Crippen molar-refractivity contribution in [2.75, 3.05) is 21.2 Å². The van der Waals surface area contributed by atoms with E-state index in [2.05, 4.69) is 4.98 Å². The number of pyridine rings is 1. The van der Waals surface area contributed by atoms with Crippen LogP contribution in [0.4, 0.5) is 0 Å². The van der Waals surface area contributed by atoms with E-state index in [1.165, 1.54) is 18.2 Å². The normalized spacial score (nSPS) is 14.3. The molecule has 1 amide bonds.